The number of amides is 1. The maximum atomic E-state index is 11.8. The van der Waals surface area contributed by atoms with Crippen LogP contribution in [0, 0.1) is 0 Å². The van der Waals surface area contributed by atoms with Gasteiger partial charge in [0.05, 0.1) is 13.2 Å². The largest absolute Gasteiger partial charge is 0.392 e. The second kappa shape index (κ2) is 7.78. The molecule has 0 aliphatic heterocycles. The van der Waals surface area contributed by atoms with E-state index in [0.29, 0.717) is 17.3 Å². The summed E-state index contributed by atoms with van der Waals surface area (Å²) in [6.45, 7) is 0.787. The molecule has 0 saturated carbocycles. The van der Waals surface area contributed by atoms with Crippen LogP contribution in [0.5, 0.6) is 0 Å². The molecule has 110 valence electrons. The van der Waals surface area contributed by atoms with Gasteiger partial charge in [-0.3, -0.25) is 4.79 Å². The predicted molar refractivity (Wildman–Crippen MR) is 84.2 cm³/mol. The first-order valence-electron chi connectivity index (χ1n) is 6.62. The van der Waals surface area contributed by atoms with Crippen molar-refractivity contribution in [1.29, 1.82) is 0 Å². The van der Waals surface area contributed by atoms with E-state index in [9.17, 15) is 4.79 Å². The molecule has 0 unspecified atom stereocenters. The summed E-state index contributed by atoms with van der Waals surface area (Å²) in [5, 5.41) is 15.5. The van der Waals surface area contributed by atoms with Gasteiger partial charge in [0.2, 0.25) is 5.91 Å². The summed E-state index contributed by atoms with van der Waals surface area (Å²) in [6, 6.07) is 14.6. The summed E-state index contributed by atoms with van der Waals surface area (Å²) in [4.78, 5) is 11.8. The standard InChI is InChI=1S/C16H17ClN2O2/c17-14-5-2-6-15(8-14)19-16(21)10-18-9-12-3-1-4-13(7-12)11-20/h1-8,18,20H,9-11H2,(H,19,21). The third-order valence-electron chi connectivity index (χ3n) is 2.90. The van der Waals surface area contributed by atoms with E-state index in [1.807, 2.05) is 24.3 Å². The monoisotopic (exact) mass is 304 g/mol. The van der Waals surface area contributed by atoms with Crippen LogP contribution in [0.25, 0.3) is 0 Å². The molecule has 0 radical (unpaired) electrons. The number of nitrogens with one attached hydrogen (secondary N) is 2. The molecule has 0 spiro atoms. The van der Waals surface area contributed by atoms with Crippen molar-refractivity contribution in [3.63, 3.8) is 0 Å². The number of hydrogen-bond acceptors (Lipinski definition) is 3. The maximum Gasteiger partial charge on any atom is 0.238 e. The van der Waals surface area contributed by atoms with Crippen LogP contribution in [0.1, 0.15) is 11.1 Å². The number of hydrogen-bond donors (Lipinski definition) is 3. The number of halogens is 1. The summed E-state index contributed by atoms with van der Waals surface area (Å²) in [6.07, 6.45) is 0. The molecule has 21 heavy (non-hydrogen) atoms. The highest BCUT2D eigenvalue weighted by Gasteiger charge is 2.02. The number of rotatable bonds is 6. The molecular weight excluding hydrogens is 288 g/mol. The lowest BCUT2D eigenvalue weighted by Gasteiger charge is -2.08. The third kappa shape index (κ3) is 5.19. The van der Waals surface area contributed by atoms with Crippen molar-refractivity contribution in [3.05, 3.63) is 64.7 Å². The molecule has 0 aliphatic carbocycles. The first-order valence-corrected chi connectivity index (χ1v) is 7.00. The highest BCUT2D eigenvalue weighted by Crippen LogP contribution is 2.14. The van der Waals surface area contributed by atoms with Gasteiger partial charge in [-0.1, -0.05) is 41.9 Å². The second-order valence-corrected chi connectivity index (χ2v) is 5.08. The Morgan fingerprint density at radius 1 is 1.10 bits per heavy atom. The van der Waals surface area contributed by atoms with Crippen molar-refractivity contribution in [2.24, 2.45) is 0 Å². The lowest BCUT2D eigenvalue weighted by atomic mass is 10.1. The van der Waals surface area contributed by atoms with Crippen LogP contribution in [0.2, 0.25) is 5.02 Å². The topological polar surface area (TPSA) is 61.4 Å². The Morgan fingerprint density at radius 2 is 1.86 bits per heavy atom. The van der Waals surface area contributed by atoms with E-state index in [0.717, 1.165) is 11.1 Å². The van der Waals surface area contributed by atoms with Crippen molar-refractivity contribution in [3.8, 4) is 0 Å². The van der Waals surface area contributed by atoms with Gasteiger partial charge < -0.3 is 15.7 Å². The number of benzene rings is 2. The molecule has 0 atom stereocenters. The SMILES string of the molecule is O=C(CNCc1cccc(CO)c1)Nc1cccc(Cl)c1. The second-order valence-electron chi connectivity index (χ2n) is 4.64. The van der Waals surface area contributed by atoms with E-state index in [1.54, 1.807) is 24.3 Å². The number of aliphatic hydroxyl groups excluding tert-OH is 1. The van der Waals surface area contributed by atoms with Crippen molar-refractivity contribution in [1.82, 2.24) is 5.32 Å². The Labute approximate surface area is 128 Å². The van der Waals surface area contributed by atoms with E-state index in [4.69, 9.17) is 16.7 Å². The number of carbonyl (C=O) groups is 1. The first kappa shape index (κ1) is 15.5. The summed E-state index contributed by atoms with van der Waals surface area (Å²) in [5.41, 5.74) is 2.56. The van der Waals surface area contributed by atoms with Gasteiger partial charge in [0.25, 0.3) is 0 Å². The fourth-order valence-corrected chi connectivity index (χ4v) is 2.12. The van der Waals surface area contributed by atoms with Crippen LogP contribution in [0.4, 0.5) is 5.69 Å². The maximum absolute atomic E-state index is 11.8. The molecule has 2 rings (SSSR count). The van der Waals surface area contributed by atoms with Gasteiger partial charge in [-0.05, 0) is 29.3 Å². The van der Waals surface area contributed by atoms with Crippen molar-refractivity contribution >= 4 is 23.2 Å². The molecule has 2 aromatic carbocycles. The molecule has 5 heteroatoms. The number of aliphatic hydroxyl groups is 1. The van der Waals surface area contributed by atoms with Crippen LogP contribution in [0.3, 0.4) is 0 Å². The molecule has 0 heterocycles. The molecule has 0 aromatic heterocycles. The van der Waals surface area contributed by atoms with Crippen LogP contribution in [-0.4, -0.2) is 17.6 Å². The first-order chi connectivity index (χ1) is 10.2. The minimum absolute atomic E-state index is 0.0170. The number of anilines is 1. The van der Waals surface area contributed by atoms with E-state index in [-0.39, 0.29) is 19.1 Å². The molecular formula is C16H17ClN2O2. The van der Waals surface area contributed by atoms with Crippen molar-refractivity contribution in [2.75, 3.05) is 11.9 Å². The molecule has 1 amide bonds. The molecule has 0 saturated heterocycles. The van der Waals surface area contributed by atoms with Gasteiger partial charge in [0.15, 0.2) is 0 Å². The zero-order chi connectivity index (χ0) is 15.1. The van der Waals surface area contributed by atoms with Crippen LogP contribution >= 0.6 is 11.6 Å². The van der Waals surface area contributed by atoms with Gasteiger partial charge in [-0.25, -0.2) is 0 Å². The molecule has 0 aliphatic rings. The zero-order valence-corrected chi connectivity index (χ0v) is 12.2. The summed E-state index contributed by atoms with van der Waals surface area (Å²) in [5.74, 6) is -0.129. The Balaban J connectivity index is 1.79. The summed E-state index contributed by atoms with van der Waals surface area (Å²) in [7, 11) is 0. The van der Waals surface area contributed by atoms with E-state index >= 15 is 0 Å². The average Bonchev–Trinajstić information content (AvgIpc) is 2.47. The summed E-state index contributed by atoms with van der Waals surface area (Å²) >= 11 is 5.85. The Kier molecular flexibility index (Phi) is 5.75. The smallest absolute Gasteiger partial charge is 0.238 e. The van der Waals surface area contributed by atoms with Gasteiger partial charge in [0, 0.05) is 17.3 Å². The Bertz CT molecular complexity index is 617. The quantitative estimate of drug-likeness (QED) is 0.768. The average molecular weight is 305 g/mol. The van der Waals surface area contributed by atoms with Crippen LogP contribution < -0.4 is 10.6 Å². The molecule has 2 aromatic rings. The normalized spacial score (nSPS) is 10.4. The summed E-state index contributed by atoms with van der Waals surface area (Å²) < 4.78 is 0. The van der Waals surface area contributed by atoms with Gasteiger partial charge >= 0.3 is 0 Å². The van der Waals surface area contributed by atoms with Gasteiger partial charge in [-0.2, -0.15) is 0 Å². The number of carbonyl (C=O) groups excluding carboxylic acids is 1. The van der Waals surface area contributed by atoms with E-state index < -0.39 is 0 Å². The Morgan fingerprint density at radius 3 is 2.62 bits per heavy atom. The fourth-order valence-electron chi connectivity index (χ4n) is 1.93. The third-order valence-corrected chi connectivity index (χ3v) is 3.13. The minimum Gasteiger partial charge on any atom is -0.392 e. The van der Waals surface area contributed by atoms with E-state index in [1.165, 1.54) is 0 Å². The van der Waals surface area contributed by atoms with Crippen LogP contribution in [0.15, 0.2) is 48.5 Å². The van der Waals surface area contributed by atoms with Gasteiger partial charge in [-0.15, -0.1) is 0 Å². The molecule has 0 fully saturated rings. The molecule has 0 bridgehead atoms. The molecule has 4 nitrogen and oxygen atoms in total. The highest BCUT2D eigenvalue weighted by molar-refractivity contribution is 6.30. The molecule has 3 N–H and O–H groups in total. The lowest BCUT2D eigenvalue weighted by Crippen LogP contribution is -2.27. The van der Waals surface area contributed by atoms with Crippen molar-refractivity contribution in [2.45, 2.75) is 13.2 Å². The fraction of sp³-hybridized carbons (Fsp3) is 0.188. The van der Waals surface area contributed by atoms with Crippen LogP contribution in [-0.2, 0) is 17.9 Å². The minimum atomic E-state index is -0.129. The van der Waals surface area contributed by atoms with Crippen molar-refractivity contribution < 1.29 is 9.90 Å². The van der Waals surface area contributed by atoms with E-state index in [2.05, 4.69) is 10.6 Å². The predicted octanol–water partition coefficient (Wildman–Crippen LogP) is 2.56. The van der Waals surface area contributed by atoms with Gasteiger partial charge in [0.1, 0.15) is 0 Å². The zero-order valence-electron chi connectivity index (χ0n) is 11.5. The Hall–Kier alpha value is -1.88. The highest BCUT2D eigenvalue weighted by atomic mass is 35.5. The lowest BCUT2D eigenvalue weighted by molar-refractivity contribution is -0.115.